The van der Waals surface area contributed by atoms with Crippen LogP contribution in [0.25, 0.3) is 0 Å². The molecule has 7 nitrogen and oxygen atoms in total. The van der Waals surface area contributed by atoms with Crippen LogP contribution in [0.1, 0.15) is 25.7 Å². The number of aliphatic carboxylic acids is 1. The zero-order valence-corrected chi connectivity index (χ0v) is 10.9. The smallest absolute Gasteiger partial charge is 0.329 e. The maximum Gasteiger partial charge on any atom is 0.329 e. The van der Waals surface area contributed by atoms with Gasteiger partial charge in [0.05, 0.1) is 5.92 Å². The van der Waals surface area contributed by atoms with Gasteiger partial charge in [-0.3, -0.25) is 4.79 Å². The van der Waals surface area contributed by atoms with Gasteiger partial charge in [0.15, 0.2) is 0 Å². The Hall–Kier alpha value is -1.79. The molecule has 0 aromatic heterocycles. The van der Waals surface area contributed by atoms with Gasteiger partial charge >= 0.3 is 12.0 Å². The number of hydrogen-bond donors (Lipinski definition) is 3. The molecule has 1 aliphatic carbocycles. The summed E-state index contributed by atoms with van der Waals surface area (Å²) in [6.07, 6.45) is 2.46. The fourth-order valence-corrected chi connectivity index (χ4v) is 2.38. The fraction of sp³-hybridized carbons (Fsp3) is 0.750. The van der Waals surface area contributed by atoms with Gasteiger partial charge in [0.1, 0.15) is 5.54 Å². The van der Waals surface area contributed by atoms with Crippen molar-refractivity contribution in [3.05, 3.63) is 0 Å². The van der Waals surface area contributed by atoms with Crippen LogP contribution in [0.15, 0.2) is 0 Å². The summed E-state index contributed by atoms with van der Waals surface area (Å²) in [5, 5.41) is 14.2. The number of carboxylic acid groups (broad SMARTS) is 1. The fourth-order valence-electron chi connectivity index (χ4n) is 2.38. The summed E-state index contributed by atoms with van der Waals surface area (Å²) >= 11 is 0. The summed E-state index contributed by atoms with van der Waals surface area (Å²) in [6.45, 7) is 0.913. The minimum absolute atomic E-state index is 0.0723. The summed E-state index contributed by atoms with van der Waals surface area (Å²) in [4.78, 5) is 36.2. The molecule has 0 aromatic carbocycles. The van der Waals surface area contributed by atoms with E-state index in [4.69, 9.17) is 5.11 Å². The van der Waals surface area contributed by atoms with Crippen molar-refractivity contribution in [3.8, 4) is 0 Å². The van der Waals surface area contributed by atoms with Gasteiger partial charge in [0.25, 0.3) is 0 Å². The molecule has 1 atom stereocenters. The summed E-state index contributed by atoms with van der Waals surface area (Å²) in [7, 11) is 1.57. The second kappa shape index (κ2) is 5.07. The topological polar surface area (TPSA) is 98.7 Å². The lowest BCUT2D eigenvalue weighted by Gasteiger charge is -2.32. The van der Waals surface area contributed by atoms with Crippen molar-refractivity contribution in [2.45, 2.75) is 31.2 Å². The number of likely N-dealkylation sites (tertiary alicyclic amines) is 1. The van der Waals surface area contributed by atoms with Crippen LogP contribution in [0, 0.1) is 5.92 Å². The van der Waals surface area contributed by atoms with Gasteiger partial charge in [0.2, 0.25) is 5.91 Å². The van der Waals surface area contributed by atoms with E-state index in [2.05, 4.69) is 10.6 Å². The minimum atomic E-state index is -1.07. The van der Waals surface area contributed by atoms with Gasteiger partial charge in [-0.25, -0.2) is 9.59 Å². The van der Waals surface area contributed by atoms with E-state index in [1.807, 2.05) is 0 Å². The van der Waals surface area contributed by atoms with Crippen LogP contribution in [-0.2, 0) is 9.59 Å². The molecule has 0 spiro atoms. The average Bonchev–Trinajstić information content (AvgIpc) is 3.19. The third-order valence-electron chi connectivity index (χ3n) is 3.83. The van der Waals surface area contributed by atoms with Gasteiger partial charge in [-0.1, -0.05) is 0 Å². The maximum absolute atomic E-state index is 12.0. The second-order valence-corrected chi connectivity index (χ2v) is 5.22. The molecule has 1 unspecified atom stereocenters. The summed E-state index contributed by atoms with van der Waals surface area (Å²) in [6, 6.07) is -0.381. The molecule has 2 aliphatic rings. The Morgan fingerprint density at radius 2 is 2.00 bits per heavy atom. The van der Waals surface area contributed by atoms with Gasteiger partial charge in [-0.2, -0.15) is 0 Å². The van der Waals surface area contributed by atoms with E-state index in [1.54, 1.807) is 7.05 Å². The highest BCUT2D eigenvalue weighted by Crippen LogP contribution is 2.35. The highest BCUT2D eigenvalue weighted by Gasteiger charge is 2.52. The van der Waals surface area contributed by atoms with Crippen LogP contribution in [0.2, 0.25) is 0 Å². The number of piperidine rings is 1. The van der Waals surface area contributed by atoms with Crippen molar-refractivity contribution in [1.82, 2.24) is 15.5 Å². The van der Waals surface area contributed by atoms with Crippen LogP contribution in [0.5, 0.6) is 0 Å². The van der Waals surface area contributed by atoms with Gasteiger partial charge in [-0.15, -0.1) is 0 Å². The quantitative estimate of drug-likeness (QED) is 0.659. The van der Waals surface area contributed by atoms with E-state index in [0.717, 1.165) is 12.8 Å². The van der Waals surface area contributed by atoms with Crippen LogP contribution >= 0.6 is 0 Å². The zero-order valence-electron chi connectivity index (χ0n) is 10.9. The molecule has 106 valence electrons. The number of nitrogens with one attached hydrogen (secondary N) is 2. The average molecular weight is 269 g/mol. The Labute approximate surface area is 111 Å². The number of carbonyl (C=O) groups excluding carboxylic acids is 2. The van der Waals surface area contributed by atoms with Crippen LogP contribution < -0.4 is 10.6 Å². The molecule has 1 heterocycles. The van der Waals surface area contributed by atoms with Gasteiger partial charge in [-0.05, 0) is 25.7 Å². The number of nitrogens with zero attached hydrogens (tertiary/aromatic N) is 1. The van der Waals surface area contributed by atoms with Crippen LogP contribution in [0.3, 0.4) is 0 Å². The predicted octanol–water partition coefficient (Wildman–Crippen LogP) is -0.229. The Morgan fingerprint density at radius 3 is 2.53 bits per heavy atom. The first-order valence-corrected chi connectivity index (χ1v) is 6.50. The summed E-state index contributed by atoms with van der Waals surface area (Å²) in [5.41, 5.74) is -1.07. The first kappa shape index (κ1) is 13.6. The molecule has 2 rings (SSSR count). The van der Waals surface area contributed by atoms with Crippen molar-refractivity contribution in [2.24, 2.45) is 5.92 Å². The number of carboxylic acids is 1. The first-order valence-electron chi connectivity index (χ1n) is 6.50. The van der Waals surface area contributed by atoms with E-state index in [-0.39, 0.29) is 17.9 Å². The molecule has 3 N–H and O–H groups in total. The van der Waals surface area contributed by atoms with E-state index < -0.39 is 11.5 Å². The standard InChI is InChI=1S/C12H19N3O4/c1-13-9(16)8-3-2-6-15(7-8)11(19)14-12(4-5-12)10(17)18/h8H,2-7H2,1H3,(H,13,16)(H,14,19)(H,17,18). The SMILES string of the molecule is CNC(=O)C1CCCN(C(=O)NC2(C(=O)O)CC2)C1. The molecular weight excluding hydrogens is 250 g/mol. The Morgan fingerprint density at radius 1 is 1.32 bits per heavy atom. The van der Waals surface area contributed by atoms with Crippen molar-refractivity contribution in [1.29, 1.82) is 0 Å². The summed E-state index contributed by atoms with van der Waals surface area (Å²) < 4.78 is 0. The second-order valence-electron chi connectivity index (χ2n) is 5.22. The molecule has 0 bridgehead atoms. The number of urea groups is 1. The highest BCUT2D eigenvalue weighted by molar-refractivity contribution is 5.89. The van der Waals surface area contributed by atoms with E-state index >= 15 is 0 Å². The van der Waals surface area contributed by atoms with Crippen LogP contribution in [-0.4, -0.2) is 53.6 Å². The van der Waals surface area contributed by atoms with Crippen molar-refractivity contribution >= 4 is 17.9 Å². The molecule has 2 fully saturated rings. The maximum atomic E-state index is 12.0. The molecule has 1 saturated carbocycles. The third-order valence-corrected chi connectivity index (χ3v) is 3.83. The van der Waals surface area contributed by atoms with Gasteiger partial charge < -0.3 is 20.6 Å². The molecule has 3 amide bonds. The molecule has 1 saturated heterocycles. The first-order chi connectivity index (χ1) is 8.98. The van der Waals surface area contributed by atoms with E-state index in [1.165, 1.54) is 4.90 Å². The van der Waals surface area contributed by atoms with Gasteiger partial charge in [0, 0.05) is 20.1 Å². The number of rotatable bonds is 3. The minimum Gasteiger partial charge on any atom is -0.480 e. The van der Waals surface area contributed by atoms with Crippen molar-refractivity contribution < 1.29 is 19.5 Å². The Balaban J connectivity index is 1.92. The van der Waals surface area contributed by atoms with Crippen molar-refractivity contribution in [2.75, 3.05) is 20.1 Å². The molecular formula is C12H19N3O4. The highest BCUT2D eigenvalue weighted by atomic mass is 16.4. The molecule has 1 aliphatic heterocycles. The van der Waals surface area contributed by atoms with E-state index in [0.29, 0.717) is 25.9 Å². The normalized spacial score (nSPS) is 24.5. The lowest BCUT2D eigenvalue weighted by atomic mass is 9.97. The largest absolute Gasteiger partial charge is 0.480 e. The number of amides is 3. The lowest BCUT2D eigenvalue weighted by Crippen LogP contribution is -2.53. The number of carbonyl (C=O) groups is 3. The van der Waals surface area contributed by atoms with Crippen LogP contribution in [0.4, 0.5) is 4.79 Å². The Kier molecular flexibility index (Phi) is 3.64. The molecule has 0 aromatic rings. The van der Waals surface area contributed by atoms with Crippen molar-refractivity contribution in [3.63, 3.8) is 0 Å². The zero-order chi connectivity index (χ0) is 14.0. The molecule has 19 heavy (non-hydrogen) atoms. The predicted molar refractivity (Wildman–Crippen MR) is 66.5 cm³/mol. The Bertz CT molecular complexity index is 406. The molecule has 7 heteroatoms. The third kappa shape index (κ3) is 2.80. The number of hydrogen-bond acceptors (Lipinski definition) is 3. The van der Waals surface area contributed by atoms with E-state index in [9.17, 15) is 14.4 Å². The lowest BCUT2D eigenvalue weighted by molar-refractivity contribution is -0.140. The monoisotopic (exact) mass is 269 g/mol. The summed E-state index contributed by atoms with van der Waals surface area (Å²) in [5.74, 6) is -1.26. The molecule has 0 radical (unpaired) electrons.